The molecule has 7 nitrogen and oxygen atoms in total. The first-order valence-corrected chi connectivity index (χ1v) is 12.3. The largest absolute Gasteiger partial charge is 0.501 e. The van der Waals surface area contributed by atoms with E-state index in [0.717, 1.165) is 17.7 Å². The minimum atomic E-state index is -5.37. The molecule has 35 heavy (non-hydrogen) atoms. The van der Waals surface area contributed by atoms with Gasteiger partial charge in [0.1, 0.15) is 5.82 Å². The van der Waals surface area contributed by atoms with E-state index < -0.39 is 20.2 Å². The first-order chi connectivity index (χ1) is 16.5. The summed E-state index contributed by atoms with van der Waals surface area (Å²) in [7, 11) is -5.37. The summed E-state index contributed by atoms with van der Waals surface area (Å²) in [6.07, 6.45) is 1.59. The molecule has 1 fully saturated rings. The molecule has 0 saturated carbocycles. The molecule has 1 amide bonds. The Bertz CT molecular complexity index is 1330. The molecular formula is C23H20ClF3N4O3S. The van der Waals surface area contributed by atoms with Crippen molar-refractivity contribution >= 4 is 38.9 Å². The van der Waals surface area contributed by atoms with Crippen LogP contribution in [-0.2, 0) is 16.4 Å². The number of alkyl halides is 3. The summed E-state index contributed by atoms with van der Waals surface area (Å²) < 4.78 is 61.3. The van der Waals surface area contributed by atoms with E-state index in [1.165, 1.54) is 12.1 Å². The number of amides is 1. The Balaban J connectivity index is 1.38. The zero-order valence-corrected chi connectivity index (χ0v) is 19.7. The molecule has 1 N–H and O–H groups in total. The van der Waals surface area contributed by atoms with Crippen molar-refractivity contribution in [2.75, 3.05) is 30.0 Å². The van der Waals surface area contributed by atoms with E-state index in [1.54, 1.807) is 36.5 Å². The molecule has 2 heterocycles. The second kappa shape index (κ2) is 9.84. The summed E-state index contributed by atoms with van der Waals surface area (Å²) in [6.45, 7) is 2.35. The highest BCUT2D eigenvalue weighted by Crippen LogP contribution is 2.31. The summed E-state index contributed by atoms with van der Waals surface area (Å²) in [4.78, 5) is 19.9. The van der Waals surface area contributed by atoms with Crippen LogP contribution in [0.2, 0.25) is 5.02 Å². The van der Waals surface area contributed by atoms with Crippen molar-refractivity contribution in [3.63, 3.8) is 0 Å². The molecule has 0 radical (unpaired) electrons. The first kappa shape index (κ1) is 25.0. The van der Waals surface area contributed by atoms with Crippen molar-refractivity contribution in [3.05, 3.63) is 83.0 Å². The molecule has 0 bridgehead atoms. The number of carbonyl (C=O) groups is 1. The zero-order valence-electron chi connectivity index (χ0n) is 18.2. The Morgan fingerprint density at radius 2 is 1.77 bits per heavy atom. The average Bonchev–Trinajstić information content (AvgIpc) is 3.27. The van der Waals surface area contributed by atoms with Crippen LogP contribution in [0.1, 0.15) is 15.9 Å². The molecule has 12 heteroatoms. The SMILES string of the molecule is O=C(Nc1cc(CN2CCN(c3ccc(S(=O)(=O)C(F)(F)F)cc3)C2)ccn1)c1ccccc1Cl. The van der Waals surface area contributed by atoms with Gasteiger partial charge < -0.3 is 10.2 Å². The zero-order chi connectivity index (χ0) is 25.2. The van der Waals surface area contributed by atoms with E-state index >= 15 is 0 Å². The number of hydrogen-bond donors (Lipinski definition) is 1. The molecule has 0 unspecified atom stereocenters. The molecule has 2 aromatic carbocycles. The lowest BCUT2D eigenvalue weighted by Gasteiger charge is -2.20. The van der Waals surface area contributed by atoms with Crippen molar-refractivity contribution in [2.24, 2.45) is 0 Å². The number of nitrogens with zero attached hydrogens (tertiary/aromatic N) is 3. The fourth-order valence-electron chi connectivity index (χ4n) is 3.68. The van der Waals surface area contributed by atoms with Crippen LogP contribution in [0, 0.1) is 0 Å². The smallest absolute Gasteiger partial charge is 0.357 e. The van der Waals surface area contributed by atoms with Gasteiger partial charge in [0, 0.05) is 31.5 Å². The number of pyridine rings is 1. The molecule has 1 aliphatic rings. The number of benzene rings is 2. The van der Waals surface area contributed by atoms with Gasteiger partial charge in [0.15, 0.2) is 0 Å². The molecule has 1 aliphatic heterocycles. The quantitative estimate of drug-likeness (QED) is 0.509. The molecule has 4 rings (SSSR count). The van der Waals surface area contributed by atoms with Gasteiger partial charge in [-0.3, -0.25) is 9.69 Å². The van der Waals surface area contributed by atoms with E-state index in [4.69, 9.17) is 11.6 Å². The Labute approximate surface area is 205 Å². The number of sulfone groups is 1. The summed E-state index contributed by atoms with van der Waals surface area (Å²) in [5.41, 5.74) is -3.47. The summed E-state index contributed by atoms with van der Waals surface area (Å²) in [5, 5.41) is 3.07. The predicted octanol–water partition coefficient (Wildman–Crippen LogP) is 4.56. The molecule has 1 aromatic heterocycles. The van der Waals surface area contributed by atoms with Gasteiger partial charge in [0.05, 0.1) is 22.2 Å². The van der Waals surface area contributed by atoms with Gasteiger partial charge in [-0.25, -0.2) is 13.4 Å². The van der Waals surface area contributed by atoms with Gasteiger partial charge in [-0.1, -0.05) is 23.7 Å². The fraction of sp³-hybridized carbons (Fsp3) is 0.217. The van der Waals surface area contributed by atoms with Gasteiger partial charge in [-0.05, 0) is 54.1 Å². The third-order valence-electron chi connectivity index (χ3n) is 5.46. The van der Waals surface area contributed by atoms with E-state index in [1.807, 2.05) is 11.0 Å². The highest BCUT2D eigenvalue weighted by molar-refractivity contribution is 7.92. The van der Waals surface area contributed by atoms with Crippen LogP contribution in [0.25, 0.3) is 0 Å². The number of anilines is 2. The van der Waals surface area contributed by atoms with Crippen LogP contribution < -0.4 is 10.2 Å². The maximum absolute atomic E-state index is 12.7. The highest BCUT2D eigenvalue weighted by atomic mass is 35.5. The molecule has 0 spiro atoms. The van der Waals surface area contributed by atoms with Crippen LogP contribution in [0.3, 0.4) is 0 Å². The molecule has 0 aliphatic carbocycles. The topological polar surface area (TPSA) is 82.6 Å². The normalized spacial score (nSPS) is 14.8. The van der Waals surface area contributed by atoms with Crippen LogP contribution in [0.4, 0.5) is 24.7 Å². The maximum Gasteiger partial charge on any atom is 0.501 e. The monoisotopic (exact) mass is 524 g/mol. The van der Waals surface area contributed by atoms with Crippen molar-refractivity contribution in [1.29, 1.82) is 0 Å². The molecular weight excluding hydrogens is 505 g/mol. The third-order valence-corrected chi connectivity index (χ3v) is 7.30. The second-order valence-corrected chi connectivity index (χ2v) is 10.2. The van der Waals surface area contributed by atoms with Gasteiger partial charge in [-0.15, -0.1) is 0 Å². The van der Waals surface area contributed by atoms with Crippen LogP contribution in [0.15, 0.2) is 71.8 Å². The van der Waals surface area contributed by atoms with E-state index in [0.29, 0.717) is 48.4 Å². The predicted molar refractivity (Wildman–Crippen MR) is 126 cm³/mol. The Kier molecular flexibility index (Phi) is 7.02. The summed E-state index contributed by atoms with van der Waals surface area (Å²) in [6, 6.07) is 15.0. The number of halogens is 4. The van der Waals surface area contributed by atoms with E-state index in [-0.39, 0.29) is 5.91 Å². The maximum atomic E-state index is 12.7. The Hall–Kier alpha value is -3.15. The number of carbonyl (C=O) groups excluding carboxylic acids is 1. The van der Waals surface area contributed by atoms with Crippen molar-refractivity contribution < 1.29 is 26.4 Å². The van der Waals surface area contributed by atoms with Crippen LogP contribution in [0.5, 0.6) is 0 Å². The summed E-state index contributed by atoms with van der Waals surface area (Å²) >= 11 is 6.07. The number of rotatable bonds is 6. The number of hydrogen-bond acceptors (Lipinski definition) is 6. The van der Waals surface area contributed by atoms with Crippen molar-refractivity contribution in [1.82, 2.24) is 9.88 Å². The lowest BCUT2D eigenvalue weighted by molar-refractivity contribution is -0.0436. The van der Waals surface area contributed by atoms with Gasteiger partial charge in [-0.2, -0.15) is 13.2 Å². The van der Waals surface area contributed by atoms with Crippen molar-refractivity contribution in [3.8, 4) is 0 Å². The van der Waals surface area contributed by atoms with E-state index in [9.17, 15) is 26.4 Å². The molecule has 0 atom stereocenters. The van der Waals surface area contributed by atoms with Gasteiger partial charge in [0.2, 0.25) is 0 Å². The Morgan fingerprint density at radius 3 is 2.46 bits per heavy atom. The second-order valence-electron chi connectivity index (χ2n) is 7.88. The molecule has 3 aromatic rings. The van der Waals surface area contributed by atoms with Gasteiger partial charge in [0.25, 0.3) is 15.7 Å². The average molecular weight is 525 g/mol. The van der Waals surface area contributed by atoms with Crippen LogP contribution in [-0.4, -0.2) is 49.5 Å². The minimum Gasteiger partial charge on any atom is -0.357 e. The Morgan fingerprint density at radius 1 is 1.06 bits per heavy atom. The third kappa shape index (κ3) is 5.58. The minimum absolute atomic E-state index is 0.336. The lowest BCUT2D eigenvalue weighted by Crippen LogP contribution is -2.25. The standard InChI is InChI=1S/C23H20ClF3N4O3S/c24-20-4-2-1-3-19(20)22(32)29-21-13-16(9-10-28-21)14-30-11-12-31(15-30)17-5-7-18(8-6-17)35(33,34)23(25,26)27/h1-10,13H,11-12,14-15H2,(H,28,29,32). The molecule has 184 valence electrons. The van der Waals surface area contributed by atoms with Gasteiger partial charge >= 0.3 is 5.51 Å². The van der Waals surface area contributed by atoms with Crippen molar-refractivity contribution in [2.45, 2.75) is 16.9 Å². The van der Waals surface area contributed by atoms with Crippen LogP contribution >= 0.6 is 11.6 Å². The summed E-state index contributed by atoms with van der Waals surface area (Å²) in [5.74, 6) is 0.00789. The highest BCUT2D eigenvalue weighted by Gasteiger charge is 2.46. The first-order valence-electron chi connectivity index (χ1n) is 10.4. The van der Waals surface area contributed by atoms with E-state index in [2.05, 4.69) is 15.2 Å². The fourth-order valence-corrected chi connectivity index (χ4v) is 4.67. The number of nitrogens with one attached hydrogen (secondary N) is 1. The number of aromatic nitrogens is 1. The lowest BCUT2D eigenvalue weighted by atomic mass is 10.2. The molecule has 1 saturated heterocycles.